The minimum atomic E-state index is -0.982. The lowest BCUT2D eigenvalue weighted by Crippen LogP contribution is -2.39. The molecule has 0 spiro atoms. The molecule has 19 heavy (non-hydrogen) atoms. The quantitative estimate of drug-likeness (QED) is 0.660. The summed E-state index contributed by atoms with van der Waals surface area (Å²) in [7, 11) is 0. The van der Waals surface area contributed by atoms with E-state index in [0.717, 1.165) is 0 Å². The largest absolute Gasteiger partial charge is 0.481 e. The zero-order valence-electron chi connectivity index (χ0n) is 10.3. The van der Waals surface area contributed by atoms with Crippen molar-refractivity contribution in [3.05, 3.63) is 11.7 Å². The fraction of sp³-hybridized carbons (Fsp3) is 0.500. The molecule has 9 nitrogen and oxygen atoms in total. The Morgan fingerprint density at radius 2 is 2.05 bits per heavy atom. The first-order valence-corrected chi connectivity index (χ1v) is 5.56. The van der Waals surface area contributed by atoms with Gasteiger partial charge >= 0.3 is 12.0 Å². The third-order valence-corrected chi connectivity index (χ3v) is 2.02. The SMILES string of the molecule is Cc1noc(CNC(=O)NC(=O)CCCC(=O)O)n1. The van der Waals surface area contributed by atoms with Crippen LogP contribution in [-0.4, -0.2) is 33.2 Å². The molecule has 9 heteroatoms. The highest BCUT2D eigenvalue weighted by atomic mass is 16.5. The standard InChI is InChI=1S/C10H14N4O5/c1-6-12-8(19-14-6)5-11-10(18)13-7(15)3-2-4-9(16)17/h2-5H2,1H3,(H,16,17)(H2,11,13,15,18). The minimum Gasteiger partial charge on any atom is -0.481 e. The maximum absolute atomic E-state index is 11.3. The summed E-state index contributed by atoms with van der Waals surface area (Å²) in [6.45, 7) is 1.65. The summed E-state index contributed by atoms with van der Waals surface area (Å²) in [6.07, 6.45) is 0.0347. The zero-order valence-corrected chi connectivity index (χ0v) is 10.3. The zero-order chi connectivity index (χ0) is 14.3. The van der Waals surface area contributed by atoms with E-state index in [0.29, 0.717) is 5.82 Å². The Kier molecular flexibility index (Phi) is 5.45. The van der Waals surface area contributed by atoms with Crippen LogP contribution in [0.25, 0.3) is 0 Å². The maximum Gasteiger partial charge on any atom is 0.321 e. The van der Waals surface area contributed by atoms with E-state index in [9.17, 15) is 14.4 Å². The molecule has 0 bridgehead atoms. The summed E-state index contributed by atoms with van der Waals surface area (Å²) >= 11 is 0. The number of aryl methyl sites for hydroxylation is 1. The summed E-state index contributed by atoms with van der Waals surface area (Å²) in [5, 5.41) is 16.3. The fourth-order valence-corrected chi connectivity index (χ4v) is 1.20. The summed E-state index contributed by atoms with van der Waals surface area (Å²) < 4.78 is 4.76. The van der Waals surface area contributed by atoms with Crippen molar-refractivity contribution in [1.82, 2.24) is 20.8 Å². The molecule has 1 aromatic rings. The van der Waals surface area contributed by atoms with Crippen LogP contribution in [0.3, 0.4) is 0 Å². The number of hydrogen-bond donors (Lipinski definition) is 3. The molecule has 0 aliphatic rings. The van der Waals surface area contributed by atoms with E-state index in [1.54, 1.807) is 6.92 Å². The number of nitrogens with one attached hydrogen (secondary N) is 2. The van der Waals surface area contributed by atoms with Crippen molar-refractivity contribution >= 4 is 17.9 Å². The van der Waals surface area contributed by atoms with Gasteiger partial charge in [0.1, 0.15) is 0 Å². The number of amides is 3. The molecule has 1 heterocycles. The number of nitrogens with zero attached hydrogens (tertiary/aromatic N) is 2. The molecule has 104 valence electrons. The van der Waals surface area contributed by atoms with E-state index in [2.05, 4.69) is 20.8 Å². The van der Waals surface area contributed by atoms with Crippen molar-refractivity contribution in [2.45, 2.75) is 32.7 Å². The van der Waals surface area contributed by atoms with Gasteiger partial charge in [-0.25, -0.2) is 4.79 Å². The lowest BCUT2D eigenvalue weighted by molar-refractivity contribution is -0.137. The van der Waals surface area contributed by atoms with Gasteiger partial charge in [0.25, 0.3) is 0 Å². The number of carboxylic acids is 1. The first-order valence-electron chi connectivity index (χ1n) is 5.56. The van der Waals surface area contributed by atoms with Crippen LogP contribution in [0, 0.1) is 6.92 Å². The molecule has 0 saturated heterocycles. The Morgan fingerprint density at radius 3 is 2.63 bits per heavy atom. The number of urea groups is 1. The highest BCUT2D eigenvalue weighted by Gasteiger charge is 2.10. The molecule has 0 aliphatic carbocycles. The smallest absolute Gasteiger partial charge is 0.321 e. The average Bonchev–Trinajstić information content (AvgIpc) is 2.72. The van der Waals surface area contributed by atoms with Crippen LogP contribution in [0.1, 0.15) is 31.0 Å². The number of aromatic nitrogens is 2. The summed E-state index contributed by atoms with van der Waals surface area (Å²) in [5.41, 5.74) is 0. The van der Waals surface area contributed by atoms with Crippen molar-refractivity contribution < 1.29 is 24.0 Å². The van der Waals surface area contributed by atoms with Gasteiger partial charge in [-0.05, 0) is 13.3 Å². The number of hydrogen-bond acceptors (Lipinski definition) is 6. The van der Waals surface area contributed by atoms with Gasteiger partial charge in [0.05, 0.1) is 6.54 Å². The van der Waals surface area contributed by atoms with Gasteiger partial charge < -0.3 is 14.9 Å². The predicted molar refractivity (Wildman–Crippen MR) is 60.9 cm³/mol. The summed E-state index contributed by atoms with van der Waals surface area (Å²) in [5.74, 6) is -0.850. The Labute approximate surface area is 108 Å². The van der Waals surface area contributed by atoms with Crippen LogP contribution in [0.4, 0.5) is 4.79 Å². The van der Waals surface area contributed by atoms with E-state index in [-0.39, 0.29) is 31.7 Å². The van der Waals surface area contributed by atoms with Crippen LogP contribution in [0.15, 0.2) is 4.52 Å². The first kappa shape index (κ1) is 14.6. The van der Waals surface area contributed by atoms with Gasteiger partial charge in [0.2, 0.25) is 11.8 Å². The van der Waals surface area contributed by atoms with Gasteiger partial charge in [-0.15, -0.1) is 0 Å². The third kappa shape index (κ3) is 6.15. The third-order valence-electron chi connectivity index (χ3n) is 2.02. The highest BCUT2D eigenvalue weighted by molar-refractivity contribution is 5.94. The number of carboxylic acid groups (broad SMARTS) is 1. The van der Waals surface area contributed by atoms with Gasteiger partial charge in [-0.3, -0.25) is 14.9 Å². The molecule has 3 N–H and O–H groups in total. The van der Waals surface area contributed by atoms with Gasteiger partial charge in [0.15, 0.2) is 5.82 Å². The predicted octanol–water partition coefficient (Wildman–Crippen LogP) is -0.0413. The monoisotopic (exact) mass is 270 g/mol. The van der Waals surface area contributed by atoms with Crippen molar-refractivity contribution in [3.8, 4) is 0 Å². The van der Waals surface area contributed by atoms with Crippen molar-refractivity contribution in [2.75, 3.05) is 0 Å². The summed E-state index contributed by atoms with van der Waals surface area (Å²) in [4.78, 5) is 36.6. The molecule has 0 fully saturated rings. The van der Waals surface area contributed by atoms with Crippen LogP contribution >= 0.6 is 0 Å². The lowest BCUT2D eigenvalue weighted by atomic mass is 10.2. The minimum absolute atomic E-state index is 0.00901. The Morgan fingerprint density at radius 1 is 1.32 bits per heavy atom. The number of rotatable bonds is 6. The molecule has 1 rings (SSSR count). The van der Waals surface area contributed by atoms with Gasteiger partial charge in [0, 0.05) is 12.8 Å². The molecule has 0 saturated carbocycles. The molecule has 0 unspecified atom stereocenters. The molecule has 0 aliphatic heterocycles. The first-order chi connectivity index (χ1) is 8.97. The molecule has 0 aromatic carbocycles. The maximum atomic E-state index is 11.3. The van der Waals surface area contributed by atoms with Crippen LogP contribution in [-0.2, 0) is 16.1 Å². The van der Waals surface area contributed by atoms with Crippen LogP contribution < -0.4 is 10.6 Å². The van der Waals surface area contributed by atoms with E-state index >= 15 is 0 Å². The van der Waals surface area contributed by atoms with E-state index in [4.69, 9.17) is 9.63 Å². The van der Waals surface area contributed by atoms with E-state index < -0.39 is 17.9 Å². The lowest BCUT2D eigenvalue weighted by Gasteiger charge is -2.04. The van der Waals surface area contributed by atoms with Crippen molar-refractivity contribution in [2.24, 2.45) is 0 Å². The molecular formula is C10H14N4O5. The second kappa shape index (κ2) is 7.09. The molecule has 0 atom stereocenters. The normalized spacial score (nSPS) is 9.95. The van der Waals surface area contributed by atoms with Crippen LogP contribution in [0.2, 0.25) is 0 Å². The van der Waals surface area contributed by atoms with Crippen molar-refractivity contribution in [3.63, 3.8) is 0 Å². The van der Waals surface area contributed by atoms with Gasteiger partial charge in [-0.1, -0.05) is 5.16 Å². The topological polar surface area (TPSA) is 134 Å². The molecular weight excluding hydrogens is 256 g/mol. The molecule has 0 radical (unpaired) electrons. The second-order valence-electron chi connectivity index (χ2n) is 3.71. The number of aliphatic carboxylic acids is 1. The molecule has 1 aromatic heterocycles. The van der Waals surface area contributed by atoms with Gasteiger partial charge in [-0.2, -0.15) is 4.98 Å². The number of imide groups is 1. The Hall–Kier alpha value is -2.45. The molecule has 3 amide bonds. The van der Waals surface area contributed by atoms with E-state index in [1.807, 2.05) is 0 Å². The second-order valence-corrected chi connectivity index (χ2v) is 3.71. The van der Waals surface area contributed by atoms with E-state index in [1.165, 1.54) is 0 Å². The average molecular weight is 270 g/mol. The Balaban J connectivity index is 2.19. The van der Waals surface area contributed by atoms with Crippen molar-refractivity contribution in [1.29, 1.82) is 0 Å². The number of carbonyl (C=O) groups excluding carboxylic acids is 2. The fourth-order valence-electron chi connectivity index (χ4n) is 1.20. The number of carbonyl (C=O) groups is 3. The Bertz CT molecular complexity index is 470. The highest BCUT2D eigenvalue weighted by Crippen LogP contribution is 1.96. The summed E-state index contributed by atoms with van der Waals surface area (Å²) in [6, 6.07) is -0.698. The van der Waals surface area contributed by atoms with Crippen LogP contribution in [0.5, 0.6) is 0 Å².